The molecule has 2 nitrogen and oxygen atoms in total. The summed E-state index contributed by atoms with van der Waals surface area (Å²) in [4.78, 5) is 0. The van der Waals surface area contributed by atoms with Crippen LogP contribution in [0.5, 0.6) is 5.75 Å². The van der Waals surface area contributed by atoms with Gasteiger partial charge in [-0.15, -0.1) is 0 Å². The fourth-order valence-electron chi connectivity index (χ4n) is 2.02. The molecule has 3 rings (SSSR count). The SMILES string of the molecule is Nc1ccc(C#Cc2ccc3cc(O)ccc3c2)cc1. The van der Waals surface area contributed by atoms with E-state index in [-0.39, 0.29) is 5.75 Å². The normalized spacial score (nSPS) is 10.0. The van der Waals surface area contributed by atoms with Crippen molar-refractivity contribution in [3.05, 3.63) is 71.8 Å². The Morgan fingerprint density at radius 3 is 2.10 bits per heavy atom. The Bertz CT molecular complexity index is 823. The maximum absolute atomic E-state index is 9.44. The smallest absolute Gasteiger partial charge is 0.116 e. The predicted octanol–water partition coefficient (Wildman–Crippen LogP) is 3.53. The Kier molecular flexibility index (Phi) is 3.02. The fraction of sp³-hybridized carbons (Fsp3) is 0. The molecule has 3 aromatic carbocycles. The molecule has 0 heterocycles. The van der Waals surface area contributed by atoms with Crippen LogP contribution in [-0.4, -0.2) is 5.11 Å². The minimum Gasteiger partial charge on any atom is -0.508 e. The number of hydrogen-bond acceptors (Lipinski definition) is 2. The lowest BCUT2D eigenvalue weighted by Gasteiger charge is -1.99. The van der Waals surface area contributed by atoms with E-state index >= 15 is 0 Å². The zero-order chi connectivity index (χ0) is 13.9. The molecule has 0 amide bonds. The van der Waals surface area contributed by atoms with Crippen LogP contribution in [0, 0.1) is 11.8 Å². The summed E-state index contributed by atoms with van der Waals surface area (Å²) >= 11 is 0. The minimum atomic E-state index is 0.276. The van der Waals surface area contributed by atoms with Crippen molar-refractivity contribution in [2.75, 3.05) is 5.73 Å². The second-order valence-corrected chi connectivity index (χ2v) is 4.62. The number of benzene rings is 3. The fourth-order valence-corrected chi connectivity index (χ4v) is 2.02. The molecule has 0 fully saturated rings. The van der Waals surface area contributed by atoms with Gasteiger partial charge in [0, 0.05) is 16.8 Å². The van der Waals surface area contributed by atoms with Gasteiger partial charge in [0.2, 0.25) is 0 Å². The van der Waals surface area contributed by atoms with Crippen molar-refractivity contribution < 1.29 is 5.11 Å². The number of phenolic OH excluding ortho intramolecular Hbond substituents is 1. The van der Waals surface area contributed by atoms with Gasteiger partial charge in [0.25, 0.3) is 0 Å². The van der Waals surface area contributed by atoms with Crippen LogP contribution in [0.25, 0.3) is 10.8 Å². The van der Waals surface area contributed by atoms with Gasteiger partial charge in [-0.05, 0) is 59.3 Å². The first-order valence-electron chi connectivity index (χ1n) is 6.31. The molecule has 3 aromatic rings. The van der Waals surface area contributed by atoms with E-state index in [1.165, 1.54) is 0 Å². The van der Waals surface area contributed by atoms with Gasteiger partial charge in [0.1, 0.15) is 5.75 Å². The van der Waals surface area contributed by atoms with Crippen LogP contribution in [-0.2, 0) is 0 Å². The summed E-state index contributed by atoms with van der Waals surface area (Å²) in [5.74, 6) is 6.52. The zero-order valence-electron chi connectivity index (χ0n) is 10.8. The third kappa shape index (κ3) is 2.57. The van der Waals surface area contributed by atoms with Gasteiger partial charge in [-0.2, -0.15) is 0 Å². The highest BCUT2D eigenvalue weighted by Gasteiger charge is 1.96. The van der Waals surface area contributed by atoms with Crippen molar-refractivity contribution in [3.8, 4) is 17.6 Å². The van der Waals surface area contributed by atoms with E-state index in [9.17, 15) is 5.11 Å². The van der Waals surface area contributed by atoms with Gasteiger partial charge in [0.15, 0.2) is 0 Å². The molecule has 20 heavy (non-hydrogen) atoms. The molecule has 2 heteroatoms. The van der Waals surface area contributed by atoms with Crippen molar-refractivity contribution in [2.45, 2.75) is 0 Å². The van der Waals surface area contributed by atoms with Crippen LogP contribution in [0.15, 0.2) is 60.7 Å². The molecule has 0 saturated heterocycles. The van der Waals surface area contributed by atoms with Crippen LogP contribution in [0.3, 0.4) is 0 Å². The Morgan fingerprint density at radius 1 is 0.700 bits per heavy atom. The molecule has 0 spiro atoms. The van der Waals surface area contributed by atoms with Gasteiger partial charge >= 0.3 is 0 Å². The second-order valence-electron chi connectivity index (χ2n) is 4.62. The van der Waals surface area contributed by atoms with E-state index in [1.54, 1.807) is 12.1 Å². The highest BCUT2D eigenvalue weighted by atomic mass is 16.3. The number of fused-ring (bicyclic) bond motifs is 1. The first kappa shape index (κ1) is 12.1. The van der Waals surface area contributed by atoms with E-state index in [0.717, 1.165) is 27.6 Å². The maximum Gasteiger partial charge on any atom is 0.116 e. The summed E-state index contributed by atoms with van der Waals surface area (Å²) in [7, 11) is 0. The van der Waals surface area contributed by atoms with E-state index in [1.807, 2.05) is 48.5 Å². The number of aromatic hydroxyl groups is 1. The molecule has 0 aliphatic heterocycles. The lowest BCUT2D eigenvalue weighted by atomic mass is 10.1. The van der Waals surface area contributed by atoms with Crippen LogP contribution in [0.4, 0.5) is 5.69 Å². The number of phenols is 1. The molecule has 0 aromatic heterocycles. The number of nitrogen functional groups attached to an aromatic ring is 1. The number of rotatable bonds is 0. The monoisotopic (exact) mass is 259 g/mol. The van der Waals surface area contributed by atoms with Gasteiger partial charge in [0.05, 0.1) is 0 Å². The second kappa shape index (κ2) is 4.99. The lowest BCUT2D eigenvalue weighted by Crippen LogP contribution is -1.83. The first-order valence-corrected chi connectivity index (χ1v) is 6.31. The molecular weight excluding hydrogens is 246 g/mol. The molecule has 0 bridgehead atoms. The molecule has 0 saturated carbocycles. The third-order valence-electron chi connectivity index (χ3n) is 3.09. The minimum absolute atomic E-state index is 0.276. The van der Waals surface area contributed by atoms with E-state index in [2.05, 4.69) is 11.8 Å². The largest absolute Gasteiger partial charge is 0.508 e. The molecule has 0 atom stereocenters. The van der Waals surface area contributed by atoms with Gasteiger partial charge in [-0.1, -0.05) is 24.0 Å². The van der Waals surface area contributed by atoms with Gasteiger partial charge < -0.3 is 10.8 Å². The van der Waals surface area contributed by atoms with Crippen LogP contribution >= 0.6 is 0 Å². The molecule has 0 aliphatic carbocycles. The lowest BCUT2D eigenvalue weighted by molar-refractivity contribution is 0.476. The Labute approximate surface area is 117 Å². The van der Waals surface area contributed by atoms with Crippen LogP contribution in [0.1, 0.15) is 11.1 Å². The maximum atomic E-state index is 9.44. The van der Waals surface area contributed by atoms with E-state index in [0.29, 0.717) is 0 Å². The highest BCUT2D eigenvalue weighted by Crippen LogP contribution is 2.20. The van der Waals surface area contributed by atoms with Crippen LogP contribution in [0.2, 0.25) is 0 Å². The van der Waals surface area contributed by atoms with Crippen molar-refractivity contribution in [1.29, 1.82) is 0 Å². The van der Waals surface area contributed by atoms with E-state index in [4.69, 9.17) is 5.73 Å². The Hall–Kier alpha value is -2.92. The summed E-state index contributed by atoms with van der Waals surface area (Å²) in [6, 6.07) is 18.7. The molecule has 0 radical (unpaired) electrons. The summed E-state index contributed by atoms with van der Waals surface area (Å²) in [6.45, 7) is 0. The summed E-state index contributed by atoms with van der Waals surface area (Å²) < 4.78 is 0. The highest BCUT2D eigenvalue weighted by molar-refractivity contribution is 5.85. The quantitative estimate of drug-likeness (QED) is 0.479. The van der Waals surface area contributed by atoms with Crippen molar-refractivity contribution in [1.82, 2.24) is 0 Å². The molecule has 3 N–H and O–H groups in total. The Balaban J connectivity index is 1.95. The van der Waals surface area contributed by atoms with E-state index < -0.39 is 0 Å². The predicted molar refractivity (Wildman–Crippen MR) is 82.4 cm³/mol. The summed E-state index contributed by atoms with van der Waals surface area (Å²) in [6.07, 6.45) is 0. The van der Waals surface area contributed by atoms with Gasteiger partial charge in [-0.25, -0.2) is 0 Å². The third-order valence-corrected chi connectivity index (χ3v) is 3.09. The molecular formula is C18H13NO. The standard InChI is InChI=1S/C18H13NO/c19-17-8-4-13(5-9-17)1-2-14-3-6-16-12-18(20)10-7-15(16)11-14/h3-12,20H,19H2. The van der Waals surface area contributed by atoms with Crippen LogP contribution < -0.4 is 5.73 Å². The molecule has 0 unspecified atom stereocenters. The summed E-state index contributed by atoms with van der Waals surface area (Å²) in [5.41, 5.74) is 8.26. The average Bonchev–Trinajstić information content (AvgIpc) is 2.46. The average molecular weight is 259 g/mol. The first-order chi connectivity index (χ1) is 9.70. The van der Waals surface area contributed by atoms with Gasteiger partial charge in [-0.3, -0.25) is 0 Å². The topological polar surface area (TPSA) is 46.2 Å². The number of anilines is 1. The number of hydrogen-bond donors (Lipinski definition) is 2. The molecule has 0 aliphatic rings. The summed E-state index contributed by atoms with van der Waals surface area (Å²) in [5, 5.41) is 11.5. The zero-order valence-corrected chi connectivity index (χ0v) is 10.8. The Morgan fingerprint density at radius 2 is 1.30 bits per heavy atom. The van der Waals surface area contributed by atoms with Crippen molar-refractivity contribution in [3.63, 3.8) is 0 Å². The van der Waals surface area contributed by atoms with Crippen molar-refractivity contribution >= 4 is 16.5 Å². The van der Waals surface area contributed by atoms with Crippen molar-refractivity contribution in [2.24, 2.45) is 0 Å². The number of nitrogens with two attached hydrogens (primary N) is 1. The molecule has 96 valence electrons.